The number of anilines is 1. The van der Waals surface area contributed by atoms with Crippen molar-refractivity contribution < 1.29 is 5.11 Å². The van der Waals surface area contributed by atoms with Gasteiger partial charge >= 0.3 is 0 Å². The van der Waals surface area contributed by atoms with E-state index in [1.807, 2.05) is 12.1 Å². The summed E-state index contributed by atoms with van der Waals surface area (Å²) >= 11 is 0. The molecule has 88 valence electrons. The average Bonchev–Trinajstić information content (AvgIpc) is 2.29. The molecule has 3 N–H and O–H groups in total. The molecule has 3 heteroatoms. The van der Waals surface area contributed by atoms with Gasteiger partial charge in [-0.05, 0) is 37.5 Å². The zero-order chi connectivity index (χ0) is 11.5. The van der Waals surface area contributed by atoms with E-state index in [1.54, 1.807) is 6.92 Å². The molecule has 16 heavy (non-hydrogen) atoms. The smallest absolute Gasteiger partial charge is 0.0761 e. The van der Waals surface area contributed by atoms with Crippen LogP contribution in [0.15, 0.2) is 24.3 Å². The summed E-state index contributed by atoms with van der Waals surface area (Å²) in [6, 6.07) is 8.41. The number of hydrogen-bond acceptors (Lipinski definition) is 3. The Hall–Kier alpha value is -1.06. The van der Waals surface area contributed by atoms with Crippen LogP contribution in [0.4, 0.5) is 5.69 Å². The molecule has 0 aromatic heterocycles. The second-order valence-electron chi connectivity index (χ2n) is 4.62. The van der Waals surface area contributed by atoms with Crippen LogP contribution in [0.2, 0.25) is 0 Å². The number of hydrogen-bond donors (Lipinski definition) is 2. The molecule has 0 bridgehead atoms. The fourth-order valence-corrected chi connectivity index (χ4v) is 2.21. The highest BCUT2D eigenvalue weighted by Gasteiger charge is 2.16. The van der Waals surface area contributed by atoms with E-state index in [4.69, 9.17) is 5.73 Å². The number of rotatable bonds is 2. The standard InChI is InChI=1S/C13H20N2O/c1-10(16)11-4-6-13(7-5-11)15-8-2-3-12(14)9-15/h4-7,10,12,16H,2-3,8-9,14H2,1H3/t10?,12-/m0/s1. The highest BCUT2D eigenvalue weighted by atomic mass is 16.3. The summed E-state index contributed by atoms with van der Waals surface area (Å²) < 4.78 is 0. The monoisotopic (exact) mass is 220 g/mol. The van der Waals surface area contributed by atoms with Crippen molar-refractivity contribution >= 4 is 5.69 Å². The van der Waals surface area contributed by atoms with Crippen molar-refractivity contribution in [3.63, 3.8) is 0 Å². The molecular formula is C13H20N2O. The molecule has 1 saturated heterocycles. The molecule has 1 aliphatic rings. The Morgan fingerprint density at radius 1 is 1.38 bits per heavy atom. The summed E-state index contributed by atoms with van der Waals surface area (Å²) in [6.45, 7) is 3.81. The van der Waals surface area contributed by atoms with E-state index in [0.717, 1.165) is 25.1 Å². The molecule has 1 aromatic carbocycles. The lowest BCUT2D eigenvalue weighted by atomic mass is 10.0. The van der Waals surface area contributed by atoms with Gasteiger partial charge in [-0.3, -0.25) is 0 Å². The van der Waals surface area contributed by atoms with Crippen LogP contribution in [-0.4, -0.2) is 24.2 Å². The quantitative estimate of drug-likeness (QED) is 0.797. The van der Waals surface area contributed by atoms with Gasteiger partial charge in [0.1, 0.15) is 0 Å². The normalized spacial score (nSPS) is 23.2. The Morgan fingerprint density at radius 3 is 2.62 bits per heavy atom. The number of aliphatic hydroxyl groups is 1. The maximum atomic E-state index is 9.43. The van der Waals surface area contributed by atoms with Gasteiger partial charge in [0.25, 0.3) is 0 Å². The van der Waals surface area contributed by atoms with Crippen molar-refractivity contribution in [1.82, 2.24) is 0 Å². The van der Waals surface area contributed by atoms with E-state index in [0.29, 0.717) is 6.04 Å². The van der Waals surface area contributed by atoms with E-state index >= 15 is 0 Å². The summed E-state index contributed by atoms with van der Waals surface area (Å²) in [5.74, 6) is 0. The first-order chi connectivity index (χ1) is 7.66. The predicted molar refractivity (Wildman–Crippen MR) is 66.5 cm³/mol. The minimum Gasteiger partial charge on any atom is -0.389 e. The fraction of sp³-hybridized carbons (Fsp3) is 0.538. The lowest BCUT2D eigenvalue weighted by molar-refractivity contribution is 0.199. The largest absolute Gasteiger partial charge is 0.389 e. The van der Waals surface area contributed by atoms with Crippen LogP contribution in [0, 0.1) is 0 Å². The molecule has 3 nitrogen and oxygen atoms in total. The number of aliphatic hydroxyl groups excluding tert-OH is 1. The number of benzene rings is 1. The molecule has 2 rings (SSSR count). The van der Waals surface area contributed by atoms with Crippen LogP contribution in [-0.2, 0) is 0 Å². The maximum absolute atomic E-state index is 9.43. The third-order valence-corrected chi connectivity index (χ3v) is 3.20. The van der Waals surface area contributed by atoms with Crippen molar-refractivity contribution in [3.8, 4) is 0 Å². The SMILES string of the molecule is CC(O)c1ccc(N2CCC[C@H](N)C2)cc1. The Balaban J connectivity index is 2.09. The molecule has 1 heterocycles. The molecule has 1 fully saturated rings. The second-order valence-corrected chi connectivity index (χ2v) is 4.62. The van der Waals surface area contributed by atoms with Gasteiger partial charge in [0.2, 0.25) is 0 Å². The van der Waals surface area contributed by atoms with Crippen molar-refractivity contribution in [3.05, 3.63) is 29.8 Å². The summed E-state index contributed by atoms with van der Waals surface area (Å²) in [6.07, 6.45) is 1.90. The van der Waals surface area contributed by atoms with E-state index < -0.39 is 6.10 Å². The molecule has 0 aliphatic carbocycles. The molecule has 0 amide bonds. The van der Waals surface area contributed by atoms with Crippen LogP contribution in [0.25, 0.3) is 0 Å². The maximum Gasteiger partial charge on any atom is 0.0761 e. The van der Waals surface area contributed by atoms with Crippen molar-refractivity contribution in [2.24, 2.45) is 5.73 Å². The Morgan fingerprint density at radius 2 is 2.06 bits per heavy atom. The van der Waals surface area contributed by atoms with Gasteiger partial charge in [-0.1, -0.05) is 12.1 Å². The van der Waals surface area contributed by atoms with Crippen molar-refractivity contribution in [2.45, 2.75) is 31.9 Å². The highest BCUT2D eigenvalue weighted by molar-refractivity contribution is 5.48. The summed E-state index contributed by atoms with van der Waals surface area (Å²) in [4.78, 5) is 2.32. The van der Waals surface area contributed by atoms with Crippen LogP contribution in [0.3, 0.4) is 0 Å². The van der Waals surface area contributed by atoms with Gasteiger partial charge in [0.15, 0.2) is 0 Å². The topological polar surface area (TPSA) is 49.5 Å². The second kappa shape index (κ2) is 4.85. The Labute approximate surface area is 96.9 Å². The van der Waals surface area contributed by atoms with E-state index in [2.05, 4.69) is 17.0 Å². The van der Waals surface area contributed by atoms with Gasteiger partial charge in [-0.15, -0.1) is 0 Å². The van der Waals surface area contributed by atoms with E-state index in [9.17, 15) is 5.11 Å². The van der Waals surface area contributed by atoms with Gasteiger partial charge in [-0.25, -0.2) is 0 Å². The zero-order valence-corrected chi connectivity index (χ0v) is 9.76. The lowest BCUT2D eigenvalue weighted by Gasteiger charge is -2.32. The highest BCUT2D eigenvalue weighted by Crippen LogP contribution is 2.21. The first kappa shape index (κ1) is 11.4. The van der Waals surface area contributed by atoms with Crippen molar-refractivity contribution in [1.29, 1.82) is 0 Å². The molecule has 1 aromatic rings. The van der Waals surface area contributed by atoms with Gasteiger partial charge in [-0.2, -0.15) is 0 Å². The molecule has 0 saturated carbocycles. The third-order valence-electron chi connectivity index (χ3n) is 3.20. The Kier molecular flexibility index (Phi) is 3.46. The minimum absolute atomic E-state index is 0.296. The summed E-state index contributed by atoms with van der Waals surface area (Å²) in [5, 5.41) is 9.43. The van der Waals surface area contributed by atoms with Crippen LogP contribution in [0.1, 0.15) is 31.4 Å². The Bertz CT molecular complexity index is 334. The lowest BCUT2D eigenvalue weighted by Crippen LogP contribution is -2.42. The van der Waals surface area contributed by atoms with Gasteiger partial charge in [0.05, 0.1) is 6.10 Å². The van der Waals surface area contributed by atoms with Crippen LogP contribution < -0.4 is 10.6 Å². The van der Waals surface area contributed by atoms with Gasteiger partial charge in [0, 0.05) is 24.8 Å². The molecule has 0 spiro atoms. The first-order valence-corrected chi connectivity index (χ1v) is 5.95. The number of nitrogens with zero attached hydrogens (tertiary/aromatic N) is 1. The van der Waals surface area contributed by atoms with E-state index in [-0.39, 0.29) is 0 Å². The molecular weight excluding hydrogens is 200 g/mol. The average molecular weight is 220 g/mol. The predicted octanol–water partition coefficient (Wildman–Crippen LogP) is 1.67. The van der Waals surface area contributed by atoms with Gasteiger partial charge < -0.3 is 15.7 Å². The first-order valence-electron chi connectivity index (χ1n) is 5.95. The minimum atomic E-state index is -0.391. The van der Waals surface area contributed by atoms with Crippen molar-refractivity contribution in [2.75, 3.05) is 18.0 Å². The zero-order valence-electron chi connectivity index (χ0n) is 9.76. The number of nitrogens with two attached hydrogens (primary N) is 1. The molecule has 1 unspecified atom stereocenters. The van der Waals surface area contributed by atoms with E-state index in [1.165, 1.54) is 12.1 Å². The summed E-state index contributed by atoms with van der Waals surface area (Å²) in [5.41, 5.74) is 8.13. The fourth-order valence-electron chi connectivity index (χ4n) is 2.21. The third kappa shape index (κ3) is 2.54. The molecule has 1 aliphatic heterocycles. The summed E-state index contributed by atoms with van der Waals surface area (Å²) in [7, 11) is 0. The van der Waals surface area contributed by atoms with Crippen LogP contribution in [0.5, 0.6) is 0 Å². The van der Waals surface area contributed by atoms with Crippen LogP contribution >= 0.6 is 0 Å². The molecule has 0 radical (unpaired) electrons. The molecule has 2 atom stereocenters. The number of piperidine rings is 1.